The molecule has 1 fully saturated rings. The number of halogens is 1. The third kappa shape index (κ3) is 2.31. The Morgan fingerprint density at radius 2 is 2.10 bits per heavy atom. The summed E-state index contributed by atoms with van der Waals surface area (Å²) in [7, 11) is 0. The van der Waals surface area contributed by atoms with E-state index in [-0.39, 0.29) is 5.82 Å². The molecule has 6 heteroatoms. The summed E-state index contributed by atoms with van der Waals surface area (Å²) >= 11 is 0. The fourth-order valence-electron chi connectivity index (χ4n) is 2.74. The van der Waals surface area contributed by atoms with E-state index in [1.165, 1.54) is 12.1 Å². The molecule has 0 bridgehead atoms. The number of ether oxygens (including phenoxy) is 1. The quantitative estimate of drug-likeness (QED) is 0.787. The van der Waals surface area contributed by atoms with Crippen LogP contribution in [0.3, 0.4) is 0 Å². The summed E-state index contributed by atoms with van der Waals surface area (Å²) in [5.74, 6) is 0.542. The number of benzene rings is 1. The maximum absolute atomic E-state index is 13.3. The van der Waals surface area contributed by atoms with Crippen molar-refractivity contribution in [3.63, 3.8) is 0 Å². The number of nitrogens with one attached hydrogen (secondary N) is 1. The monoisotopic (exact) mass is 286 g/mol. The van der Waals surface area contributed by atoms with Gasteiger partial charge in [0.2, 0.25) is 0 Å². The maximum atomic E-state index is 13.3. The van der Waals surface area contributed by atoms with Crippen LogP contribution in [-0.4, -0.2) is 33.9 Å². The molecule has 0 amide bonds. The molecular formula is C15H15FN4O. The van der Waals surface area contributed by atoms with Gasteiger partial charge in [0.15, 0.2) is 0 Å². The van der Waals surface area contributed by atoms with Crippen molar-refractivity contribution >= 4 is 22.2 Å². The molecule has 3 heterocycles. The molecule has 0 saturated carbocycles. The lowest BCUT2D eigenvalue weighted by Gasteiger charge is -2.23. The van der Waals surface area contributed by atoms with Crippen molar-refractivity contribution < 1.29 is 9.13 Å². The molecule has 1 aliphatic rings. The van der Waals surface area contributed by atoms with Crippen LogP contribution in [0.2, 0.25) is 0 Å². The second-order valence-corrected chi connectivity index (χ2v) is 5.30. The zero-order valence-electron chi connectivity index (χ0n) is 11.4. The van der Waals surface area contributed by atoms with Crippen molar-refractivity contribution in [2.45, 2.75) is 18.9 Å². The smallest absolute Gasteiger partial charge is 0.130 e. The number of fused-ring (bicyclic) bond motifs is 3. The summed E-state index contributed by atoms with van der Waals surface area (Å²) in [6.45, 7) is 1.57. The van der Waals surface area contributed by atoms with E-state index in [1.54, 1.807) is 16.9 Å². The Balaban J connectivity index is 1.72. The molecular weight excluding hydrogens is 271 g/mol. The lowest BCUT2D eigenvalue weighted by atomic mass is 10.1. The lowest BCUT2D eigenvalue weighted by Crippen LogP contribution is -2.28. The van der Waals surface area contributed by atoms with Gasteiger partial charge in [-0.05, 0) is 25.0 Å². The van der Waals surface area contributed by atoms with Gasteiger partial charge in [-0.1, -0.05) is 0 Å². The van der Waals surface area contributed by atoms with Crippen LogP contribution in [0, 0.1) is 5.82 Å². The van der Waals surface area contributed by atoms with Crippen molar-refractivity contribution in [3.05, 3.63) is 36.4 Å². The van der Waals surface area contributed by atoms with Crippen molar-refractivity contribution in [3.8, 4) is 0 Å². The molecule has 3 aromatic rings. The van der Waals surface area contributed by atoms with E-state index < -0.39 is 0 Å². The third-order valence-electron chi connectivity index (χ3n) is 3.85. The molecule has 1 saturated heterocycles. The number of rotatable bonds is 2. The summed E-state index contributed by atoms with van der Waals surface area (Å²) in [5.41, 5.74) is 1.56. The number of aromatic nitrogens is 3. The van der Waals surface area contributed by atoms with Gasteiger partial charge in [-0.15, -0.1) is 0 Å². The molecule has 2 aromatic heterocycles. The first-order valence-electron chi connectivity index (χ1n) is 7.07. The van der Waals surface area contributed by atoms with Crippen molar-refractivity contribution in [1.29, 1.82) is 0 Å². The highest BCUT2D eigenvalue weighted by Crippen LogP contribution is 2.22. The van der Waals surface area contributed by atoms with Gasteiger partial charge < -0.3 is 10.1 Å². The maximum Gasteiger partial charge on any atom is 0.130 e. The minimum Gasteiger partial charge on any atom is -0.381 e. The normalized spacial score (nSPS) is 16.6. The highest BCUT2D eigenvalue weighted by atomic mass is 19.1. The molecule has 0 aliphatic carbocycles. The van der Waals surface area contributed by atoms with Crippen LogP contribution in [0.25, 0.3) is 16.4 Å². The van der Waals surface area contributed by atoms with Gasteiger partial charge in [-0.25, -0.2) is 13.9 Å². The Morgan fingerprint density at radius 1 is 1.24 bits per heavy atom. The molecule has 1 aliphatic heterocycles. The second-order valence-electron chi connectivity index (χ2n) is 5.30. The summed E-state index contributed by atoms with van der Waals surface area (Å²) in [6.07, 6.45) is 3.63. The van der Waals surface area contributed by atoms with Crippen LogP contribution in [0.4, 0.5) is 10.2 Å². The SMILES string of the molecule is Fc1ccc2c(c1)nn1cnc(NC3CCOCC3)cc21. The molecule has 5 nitrogen and oxygen atoms in total. The van der Waals surface area contributed by atoms with E-state index in [2.05, 4.69) is 15.4 Å². The standard InChI is InChI=1S/C15H15FN4O/c16-10-1-2-12-13(7-10)19-20-9-17-15(8-14(12)20)18-11-3-5-21-6-4-11/h1-2,7-9,11,18H,3-6H2. The van der Waals surface area contributed by atoms with E-state index in [1.807, 2.05) is 6.07 Å². The molecule has 108 valence electrons. The van der Waals surface area contributed by atoms with Gasteiger partial charge in [-0.2, -0.15) is 5.10 Å². The second kappa shape index (κ2) is 4.96. The highest BCUT2D eigenvalue weighted by Gasteiger charge is 2.14. The number of nitrogens with zero attached hydrogens (tertiary/aromatic N) is 3. The van der Waals surface area contributed by atoms with Gasteiger partial charge in [-0.3, -0.25) is 0 Å². The molecule has 21 heavy (non-hydrogen) atoms. The molecule has 0 spiro atoms. The minimum absolute atomic E-state index is 0.278. The summed E-state index contributed by atoms with van der Waals surface area (Å²) in [6, 6.07) is 7.00. The molecule has 0 radical (unpaired) electrons. The Labute approximate surface area is 120 Å². The van der Waals surface area contributed by atoms with Crippen molar-refractivity contribution in [2.75, 3.05) is 18.5 Å². The van der Waals surface area contributed by atoms with Crippen LogP contribution in [-0.2, 0) is 4.74 Å². The first-order chi connectivity index (χ1) is 10.3. The average Bonchev–Trinajstić information content (AvgIpc) is 2.85. The zero-order chi connectivity index (χ0) is 14.2. The van der Waals surface area contributed by atoms with Crippen molar-refractivity contribution in [2.24, 2.45) is 0 Å². The van der Waals surface area contributed by atoms with Gasteiger partial charge in [0.1, 0.15) is 18.0 Å². The lowest BCUT2D eigenvalue weighted by molar-refractivity contribution is 0.0904. The first-order valence-corrected chi connectivity index (χ1v) is 7.07. The Bertz CT molecular complexity index is 795. The van der Waals surface area contributed by atoms with Crippen LogP contribution in [0.15, 0.2) is 30.6 Å². The van der Waals surface area contributed by atoms with E-state index in [0.717, 1.165) is 42.8 Å². The number of anilines is 1. The predicted octanol–water partition coefficient (Wildman–Crippen LogP) is 2.61. The van der Waals surface area contributed by atoms with Gasteiger partial charge in [0.25, 0.3) is 0 Å². The zero-order valence-corrected chi connectivity index (χ0v) is 11.4. The molecule has 4 rings (SSSR count). The van der Waals surface area contributed by atoms with Gasteiger partial charge >= 0.3 is 0 Å². The van der Waals surface area contributed by atoms with Crippen LogP contribution in [0.5, 0.6) is 0 Å². The average molecular weight is 286 g/mol. The fraction of sp³-hybridized carbons (Fsp3) is 0.333. The van der Waals surface area contributed by atoms with E-state index in [9.17, 15) is 4.39 Å². The summed E-state index contributed by atoms with van der Waals surface area (Å²) < 4.78 is 20.3. The third-order valence-corrected chi connectivity index (χ3v) is 3.85. The molecule has 1 N–H and O–H groups in total. The largest absolute Gasteiger partial charge is 0.381 e. The Morgan fingerprint density at radius 3 is 2.95 bits per heavy atom. The molecule has 0 unspecified atom stereocenters. The fourth-order valence-corrected chi connectivity index (χ4v) is 2.74. The topological polar surface area (TPSA) is 51.5 Å². The molecule has 0 atom stereocenters. The highest BCUT2D eigenvalue weighted by molar-refractivity contribution is 5.94. The van der Waals surface area contributed by atoms with Gasteiger partial charge in [0, 0.05) is 36.8 Å². The Hall–Kier alpha value is -2.21. The Kier molecular flexibility index (Phi) is 2.96. The molecule has 1 aromatic carbocycles. The number of hydrogen-bond donors (Lipinski definition) is 1. The van der Waals surface area contributed by atoms with Crippen LogP contribution in [0.1, 0.15) is 12.8 Å². The first kappa shape index (κ1) is 12.5. The van der Waals surface area contributed by atoms with Crippen LogP contribution < -0.4 is 5.32 Å². The minimum atomic E-state index is -0.278. The van der Waals surface area contributed by atoms with Crippen LogP contribution >= 0.6 is 0 Å². The summed E-state index contributed by atoms with van der Waals surface area (Å²) in [4.78, 5) is 4.37. The predicted molar refractivity (Wildman–Crippen MR) is 77.9 cm³/mol. The summed E-state index contributed by atoms with van der Waals surface area (Å²) in [5, 5.41) is 8.69. The van der Waals surface area contributed by atoms with E-state index in [0.29, 0.717) is 11.6 Å². The van der Waals surface area contributed by atoms with Crippen molar-refractivity contribution in [1.82, 2.24) is 14.6 Å². The van der Waals surface area contributed by atoms with E-state index >= 15 is 0 Å². The van der Waals surface area contributed by atoms with Gasteiger partial charge in [0.05, 0.1) is 11.0 Å². The van der Waals surface area contributed by atoms with E-state index in [4.69, 9.17) is 4.74 Å². The number of hydrogen-bond acceptors (Lipinski definition) is 4.